The van der Waals surface area contributed by atoms with Crippen molar-refractivity contribution in [2.75, 3.05) is 11.4 Å². The Bertz CT molecular complexity index is 1320. The van der Waals surface area contributed by atoms with Crippen LogP contribution in [0.4, 0.5) is 18.9 Å². The van der Waals surface area contributed by atoms with Crippen LogP contribution in [0.1, 0.15) is 36.1 Å². The lowest BCUT2D eigenvalue weighted by molar-refractivity contribution is -0.137. The van der Waals surface area contributed by atoms with Gasteiger partial charge in [0.05, 0.1) is 11.8 Å². The molecular formula is C26H24F3N5O3. The topological polar surface area (TPSA) is 86.3 Å². The van der Waals surface area contributed by atoms with E-state index in [1.807, 2.05) is 12.1 Å². The molecule has 0 fully saturated rings. The number of benzene rings is 2. The van der Waals surface area contributed by atoms with Crippen LogP contribution < -0.4 is 9.64 Å². The highest BCUT2D eigenvalue weighted by Gasteiger charge is 2.29. The summed E-state index contributed by atoms with van der Waals surface area (Å²) in [5.41, 5.74) is 1.19. The molecule has 192 valence electrons. The summed E-state index contributed by atoms with van der Waals surface area (Å²) in [5, 5.41) is 7.69. The number of carbonyl (C=O) groups excluding carboxylic acids is 1. The van der Waals surface area contributed by atoms with E-state index in [2.05, 4.69) is 15.3 Å². The van der Waals surface area contributed by atoms with E-state index in [4.69, 9.17) is 9.15 Å². The molecule has 0 saturated heterocycles. The molecule has 2 aromatic carbocycles. The van der Waals surface area contributed by atoms with E-state index in [1.54, 1.807) is 46.3 Å². The van der Waals surface area contributed by atoms with Gasteiger partial charge in [-0.25, -0.2) is 4.98 Å². The predicted molar refractivity (Wildman–Crippen MR) is 130 cm³/mol. The van der Waals surface area contributed by atoms with Crippen molar-refractivity contribution in [3.63, 3.8) is 0 Å². The van der Waals surface area contributed by atoms with Crippen molar-refractivity contribution in [1.29, 1.82) is 0 Å². The minimum Gasteiger partial charge on any atom is -0.487 e. The van der Waals surface area contributed by atoms with Crippen LogP contribution in [-0.2, 0) is 24.1 Å². The van der Waals surface area contributed by atoms with Gasteiger partial charge in [0, 0.05) is 38.0 Å². The molecular weight excluding hydrogens is 487 g/mol. The molecule has 0 aliphatic heterocycles. The summed E-state index contributed by atoms with van der Waals surface area (Å²) in [6.07, 6.45) is 4.38. The molecule has 11 heteroatoms. The van der Waals surface area contributed by atoms with Crippen LogP contribution in [0.5, 0.6) is 5.75 Å². The summed E-state index contributed by atoms with van der Waals surface area (Å²) in [4.78, 5) is 18.1. The van der Waals surface area contributed by atoms with Crippen molar-refractivity contribution in [3.05, 3.63) is 89.9 Å². The minimum atomic E-state index is -4.37. The summed E-state index contributed by atoms with van der Waals surface area (Å²) in [6.45, 7) is 2.88. The van der Waals surface area contributed by atoms with Gasteiger partial charge in [-0.2, -0.15) is 13.2 Å². The Balaban J connectivity index is 1.28. The first-order valence-corrected chi connectivity index (χ1v) is 11.4. The Kier molecular flexibility index (Phi) is 8.02. The molecule has 2 aromatic heterocycles. The minimum absolute atomic E-state index is 0.0632. The highest BCUT2D eigenvalue weighted by atomic mass is 19.4. The number of alkyl halides is 3. The number of rotatable bonds is 10. The first-order valence-electron chi connectivity index (χ1n) is 11.4. The summed E-state index contributed by atoms with van der Waals surface area (Å²) in [5.74, 6) is 0.836. The van der Waals surface area contributed by atoms with Gasteiger partial charge in [-0.15, -0.1) is 5.10 Å². The Morgan fingerprint density at radius 3 is 2.51 bits per heavy atom. The average Bonchev–Trinajstić information content (AvgIpc) is 3.56. The van der Waals surface area contributed by atoms with Gasteiger partial charge in [0.15, 0.2) is 0 Å². The number of hydrogen-bond donors (Lipinski definition) is 0. The van der Waals surface area contributed by atoms with Crippen LogP contribution in [0.2, 0.25) is 0 Å². The third-order valence-corrected chi connectivity index (χ3v) is 5.38. The van der Waals surface area contributed by atoms with Gasteiger partial charge < -0.3 is 14.1 Å². The third-order valence-electron chi connectivity index (χ3n) is 5.38. The Morgan fingerprint density at radius 1 is 1.11 bits per heavy atom. The number of aryl methyl sites for hydroxylation is 1. The summed E-state index contributed by atoms with van der Waals surface area (Å²) >= 11 is 0. The maximum atomic E-state index is 12.7. The van der Waals surface area contributed by atoms with E-state index in [0.717, 1.165) is 24.2 Å². The quantitative estimate of drug-likeness (QED) is 0.280. The fraction of sp³-hybridized carbons (Fsp3) is 0.231. The Labute approximate surface area is 211 Å². The average molecular weight is 512 g/mol. The van der Waals surface area contributed by atoms with Crippen molar-refractivity contribution < 1.29 is 27.1 Å². The fourth-order valence-electron chi connectivity index (χ4n) is 3.51. The van der Waals surface area contributed by atoms with E-state index in [0.29, 0.717) is 36.0 Å². The van der Waals surface area contributed by atoms with Crippen LogP contribution in [0, 0.1) is 0 Å². The summed E-state index contributed by atoms with van der Waals surface area (Å²) < 4.78 is 50.9. The van der Waals surface area contributed by atoms with Crippen LogP contribution in [0.15, 0.2) is 71.6 Å². The second-order valence-corrected chi connectivity index (χ2v) is 8.10. The van der Waals surface area contributed by atoms with E-state index in [-0.39, 0.29) is 12.5 Å². The lowest BCUT2D eigenvalue weighted by Gasteiger charge is -2.21. The van der Waals surface area contributed by atoms with Crippen LogP contribution in [0.3, 0.4) is 0 Å². The number of amides is 1. The monoisotopic (exact) mass is 511 g/mol. The SMILES string of the molecule is CC(=O)N(CCCn1ccnn1)c1ccc(OCc2coc(/C=C/c3ccc(C(F)(F)F)cc3)n2)cc1. The number of hydrogen-bond acceptors (Lipinski definition) is 6. The molecule has 0 saturated carbocycles. The zero-order valence-corrected chi connectivity index (χ0v) is 19.9. The second-order valence-electron chi connectivity index (χ2n) is 8.10. The zero-order valence-electron chi connectivity index (χ0n) is 19.9. The fourth-order valence-corrected chi connectivity index (χ4v) is 3.51. The van der Waals surface area contributed by atoms with Crippen molar-refractivity contribution in [2.24, 2.45) is 0 Å². The number of nitrogens with zero attached hydrogens (tertiary/aromatic N) is 5. The number of carbonyl (C=O) groups is 1. The largest absolute Gasteiger partial charge is 0.487 e. The van der Waals surface area contributed by atoms with Gasteiger partial charge in [-0.1, -0.05) is 17.3 Å². The number of anilines is 1. The number of aromatic nitrogens is 4. The van der Waals surface area contributed by atoms with E-state index in [1.165, 1.54) is 25.3 Å². The van der Waals surface area contributed by atoms with Crippen molar-refractivity contribution in [2.45, 2.75) is 32.7 Å². The molecule has 37 heavy (non-hydrogen) atoms. The molecule has 2 heterocycles. The highest BCUT2D eigenvalue weighted by molar-refractivity contribution is 5.91. The smallest absolute Gasteiger partial charge is 0.416 e. The number of oxazole rings is 1. The Hall–Kier alpha value is -4.41. The molecule has 0 radical (unpaired) electrons. The maximum absolute atomic E-state index is 12.7. The van der Waals surface area contributed by atoms with Gasteiger partial charge in [0.25, 0.3) is 0 Å². The van der Waals surface area contributed by atoms with Crippen LogP contribution >= 0.6 is 0 Å². The first kappa shape index (κ1) is 25.7. The van der Waals surface area contributed by atoms with Gasteiger partial charge in [-0.05, 0) is 54.5 Å². The standard InChI is InChI=1S/C26H24F3N5O3/c1-19(35)34(15-2-14-33-16-13-30-32-33)23-8-10-24(11-9-23)36-17-22-18-37-25(31-22)12-5-20-3-6-21(7-4-20)26(27,28)29/h3-13,16,18H,2,14-15,17H2,1H3/b12-5+. The van der Waals surface area contributed by atoms with Gasteiger partial charge in [0.1, 0.15) is 24.3 Å². The molecule has 4 rings (SSSR count). The lowest BCUT2D eigenvalue weighted by Crippen LogP contribution is -2.30. The molecule has 0 aliphatic carbocycles. The molecule has 0 aliphatic rings. The first-order chi connectivity index (χ1) is 17.8. The van der Waals surface area contributed by atoms with E-state index < -0.39 is 11.7 Å². The van der Waals surface area contributed by atoms with Crippen LogP contribution in [-0.4, -0.2) is 32.4 Å². The molecule has 8 nitrogen and oxygen atoms in total. The summed E-state index contributed by atoms with van der Waals surface area (Å²) in [6, 6.07) is 12.0. The van der Waals surface area contributed by atoms with Gasteiger partial charge in [0.2, 0.25) is 11.8 Å². The van der Waals surface area contributed by atoms with E-state index >= 15 is 0 Å². The van der Waals surface area contributed by atoms with Crippen molar-refractivity contribution in [3.8, 4) is 5.75 Å². The lowest BCUT2D eigenvalue weighted by atomic mass is 10.1. The molecule has 0 atom stereocenters. The number of halogens is 3. The van der Waals surface area contributed by atoms with Crippen molar-refractivity contribution in [1.82, 2.24) is 20.0 Å². The predicted octanol–water partition coefficient (Wildman–Crippen LogP) is 5.48. The molecule has 4 aromatic rings. The Morgan fingerprint density at radius 2 is 1.86 bits per heavy atom. The van der Waals surface area contributed by atoms with Gasteiger partial charge >= 0.3 is 6.18 Å². The normalized spacial score (nSPS) is 11.7. The summed E-state index contributed by atoms with van der Waals surface area (Å²) in [7, 11) is 0. The molecule has 1 amide bonds. The molecule has 0 spiro atoms. The zero-order chi connectivity index (χ0) is 26.3. The van der Waals surface area contributed by atoms with Crippen molar-refractivity contribution >= 4 is 23.7 Å². The highest BCUT2D eigenvalue weighted by Crippen LogP contribution is 2.29. The maximum Gasteiger partial charge on any atom is 0.416 e. The number of ether oxygens (including phenoxy) is 1. The van der Waals surface area contributed by atoms with E-state index in [9.17, 15) is 18.0 Å². The third kappa shape index (κ3) is 7.29. The van der Waals surface area contributed by atoms with Crippen LogP contribution in [0.25, 0.3) is 12.2 Å². The molecule has 0 bridgehead atoms. The second kappa shape index (κ2) is 11.5. The molecule has 0 unspecified atom stereocenters. The molecule has 0 N–H and O–H groups in total. The van der Waals surface area contributed by atoms with Gasteiger partial charge in [-0.3, -0.25) is 9.48 Å².